The van der Waals surface area contributed by atoms with E-state index in [4.69, 9.17) is 5.11 Å². The van der Waals surface area contributed by atoms with Gasteiger partial charge in [0.15, 0.2) is 0 Å². The predicted octanol–water partition coefficient (Wildman–Crippen LogP) is 0.528. The summed E-state index contributed by atoms with van der Waals surface area (Å²) in [5.74, 6) is -0.682. The summed E-state index contributed by atoms with van der Waals surface area (Å²) >= 11 is 0. The summed E-state index contributed by atoms with van der Waals surface area (Å²) in [7, 11) is 1.70. The number of nitrogens with one attached hydrogen (secondary N) is 1. The van der Waals surface area contributed by atoms with Crippen molar-refractivity contribution in [2.75, 3.05) is 18.5 Å². The first kappa shape index (κ1) is 15.9. The van der Waals surface area contributed by atoms with Gasteiger partial charge in [-0.15, -0.1) is 0 Å². The molecule has 0 aliphatic heterocycles. The smallest absolute Gasteiger partial charge is 0.305 e. The molecule has 110 valence electrons. The second kappa shape index (κ2) is 7.42. The first-order valence-corrected chi connectivity index (χ1v) is 6.39. The van der Waals surface area contributed by atoms with Crippen molar-refractivity contribution < 1.29 is 14.7 Å². The number of likely N-dealkylation sites (N-methyl/N-ethyl adjacent to an activating group) is 1. The van der Waals surface area contributed by atoms with Gasteiger partial charge in [0.1, 0.15) is 0 Å². The molecule has 1 unspecified atom stereocenters. The van der Waals surface area contributed by atoms with E-state index < -0.39 is 5.97 Å². The standard InChI is InChI=1S/C13H20N4O3/c1-9(2)10(7-12(19)20)16-11(18)8-17(3)13-14-5-4-6-15-13/h4-6,9-10H,7-8H2,1-3H3,(H,16,18)(H,19,20). The number of hydrogen-bond donors (Lipinski definition) is 2. The van der Waals surface area contributed by atoms with Crippen molar-refractivity contribution in [3.8, 4) is 0 Å². The van der Waals surface area contributed by atoms with E-state index in [-0.39, 0.29) is 30.8 Å². The van der Waals surface area contributed by atoms with Crippen molar-refractivity contribution in [1.29, 1.82) is 0 Å². The molecule has 0 spiro atoms. The molecule has 0 aliphatic rings. The van der Waals surface area contributed by atoms with Gasteiger partial charge in [-0.1, -0.05) is 13.8 Å². The second-order valence-electron chi connectivity index (χ2n) is 4.92. The highest BCUT2D eigenvalue weighted by Crippen LogP contribution is 2.07. The van der Waals surface area contributed by atoms with E-state index in [1.807, 2.05) is 13.8 Å². The van der Waals surface area contributed by atoms with E-state index in [0.717, 1.165) is 0 Å². The van der Waals surface area contributed by atoms with E-state index >= 15 is 0 Å². The summed E-state index contributed by atoms with van der Waals surface area (Å²) in [6, 6.07) is 1.31. The van der Waals surface area contributed by atoms with Crippen LogP contribution in [0.15, 0.2) is 18.5 Å². The SMILES string of the molecule is CC(C)C(CC(=O)O)NC(=O)CN(C)c1ncccn1. The predicted molar refractivity (Wildman–Crippen MR) is 74.3 cm³/mol. The van der Waals surface area contributed by atoms with E-state index in [0.29, 0.717) is 5.95 Å². The average molecular weight is 280 g/mol. The number of rotatable bonds is 7. The third-order valence-electron chi connectivity index (χ3n) is 2.82. The molecule has 7 heteroatoms. The molecule has 1 aromatic heterocycles. The number of carbonyl (C=O) groups excluding carboxylic acids is 1. The maximum Gasteiger partial charge on any atom is 0.305 e. The van der Waals surface area contributed by atoms with Gasteiger partial charge >= 0.3 is 5.97 Å². The number of nitrogens with zero attached hydrogens (tertiary/aromatic N) is 3. The summed E-state index contributed by atoms with van der Waals surface area (Å²) in [5, 5.41) is 11.6. The van der Waals surface area contributed by atoms with Crippen molar-refractivity contribution in [2.45, 2.75) is 26.3 Å². The minimum atomic E-state index is -0.927. The zero-order valence-electron chi connectivity index (χ0n) is 11.9. The van der Waals surface area contributed by atoms with Gasteiger partial charge in [0.2, 0.25) is 11.9 Å². The van der Waals surface area contributed by atoms with Crippen LogP contribution in [0.3, 0.4) is 0 Å². The summed E-state index contributed by atoms with van der Waals surface area (Å²) in [6.07, 6.45) is 3.10. The minimum Gasteiger partial charge on any atom is -0.481 e. The molecule has 1 amide bonds. The first-order valence-electron chi connectivity index (χ1n) is 6.39. The number of carboxylic acid groups (broad SMARTS) is 1. The molecule has 0 saturated carbocycles. The number of aromatic nitrogens is 2. The molecular formula is C13H20N4O3. The van der Waals surface area contributed by atoms with E-state index in [1.54, 1.807) is 30.4 Å². The van der Waals surface area contributed by atoms with Crippen LogP contribution in [0.1, 0.15) is 20.3 Å². The van der Waals surface area contributed by atoms with Gasteiger partial charge < -0.3 is 15.3 Å². The number of hydrogen-bond acceptors (Lipinski definition) is 5. The number of aliphatic carboxylic acids is 1. The van der Waals surface area contributed by atoms with Gasteiger partial charge in [0, 0.05) is 25.5 Å². The number of amides is 1. The summed E-state index contributed by atoms with van der Waals surface area (Å²) in [6.45, 7) is 3.82. The Bertz CT molecular complexity index is 450. The van der Waals surface area contributed by atoms with Crippen molar-refractivity contribution in [2.24, 2.45) is 5.92 Å². The molecule has 1 heterocycles. The number of carboxylic acids is 1. The molecule has 0 aliphatic carbocycles. The monoisotopic (exact) mass is 280 g/mol. The van der Waals surface area contributed by atoms with Crippen LogP contribution < -0.4 is 10.2 Å². The fourth-order valence-corrected chi connectivity index (χ4v) is 1.67. The Kier molecular flexibility index (Phi) is 5.89. The maximum atomic E-state index is 11.9. The van der Waals surface area contributed by atoms with Crippen LogP contribution in [0.5, 0.6) is 0 Å². The average Bonchev–Trinajstić information content (AvgIpc) is 2.38. The van der Waals surface area contributed by atoms with Gasteiger partial charge in [0.05, 0.1) is 13.0 Å². The normalized spacial score (nSPS) is 12.0. The Balaban J connectivity index is 2.55. The summed E-state index contributed by atoms with van der Waals surface area (Å²) in [5.41, 5.74) is 0. The van der Waals surface area contributed by atoms with Crippen LogP contribution in [-0.2, 0) is 9.59 Å². The van der Waals surface area contributed by atoms with Gasteiger partial charge in [-0.3, -0.25) is 9.59 Å². The molecule has 1 rings (SSSR count). The maximum absolute atomic E-state index is 11.9. The lowest BCUT2D eigenvalue weighted by atomic mass is 10.0. The first-order chi connectivity index (χ1) is 9.40. The Morgan fingerprint density at radius 2 is 1.95 bits per heavy atom. The molecule has 0 fully saturated rings. The fraction of sp³-hybridized carbons (Fsp3) is 0.538. The van der Waals surface area contributed by atoms with Crippen molar-refractivity contribution in [1.82, 2.24) is 15.3 Å². The lowest BCUT2D eigenvalue weighted by molar-refractivity contribution is -0.138. The molecule has 7 nitrogen and oxygen atoms in total. The molecule has 20 heavy (non-hydrogen) atoms. The molecule has 0 bridgehead atoms. The third kappa shape index (κ3) is 5.21. The van der Waals surface area contributed by atoms with E-state index in [1.165, 1.54) is 0 Å². The number of anilines is 1. The fourth-order valence-electron chi connectivity index (χ4n) is 1.67. The highest BCUT2D eigenvalue weighted by molar-refractivity contribution is 5.81. The highest BCUT2D eigenvalue weighted by atomic mass is 16.4. The number of carbonyl (C=O) groups is 2. The van der Waals surface area contributed by atoms with Gasteiger partial charge in [-0.25, -0.2) is 9.97 Å². The van der Waals surface area contributed by atoms with Crippen LogP contribution in [-0.4, -0.2) is 46.6 Å². The molecule has 1 aromatic rings. The van der Waals surface area contributed by atoms with Crippen LogP contribution in [0, 0.1) is 5.92 Å². The Morgan fingerprint density at radius 3 is 2.45 bits per heavy atom. The zero-order valence-corrected chi connectivity index (χ0v) is 11.9. The zero-order chi connectivity index (χ0) is 15.1. The molecule has 1 atom stereocenters. The Labute approximate surface area is 118 Å². The molecule has 0 radical (unpaired) electrons. The Hall–Kier alpha value is -2.18. The highest BCUT2D eigenvalue weighted by Gasteiger charge is 2.20. The lowest BCUT2D eigenvalue weighted by Gasteiger charge is -2.22. The van der Waals surface area contributed by atoms with Crippen LogP contribution >= 0.6 is 0 Å². The molecule has 2 N–H and O–H groups in total. The van der Waals surface area contributed by atoms with Crippen molar-refractivity contribution in [3.63, 3.8) is 0 Å². The van der Waals surface area contributed by atoms with Gasteiger partial charge in [-0.05, 0) is 12.0 Å². The summed E-state index contributed by atoms with van der Waals surface area (Å²) < 4.78 is 0. The van der Waals surface area contributed by atoms with Gasteiger partial charge in [-0.2, -0.15) is 0 Å². The van der Waals surface area contributed by atoms with Crippen molar-refractivity contribution >= 4 is 17.8 Å². The summed E-state index contributed by atoms with van der Waals surface area (Å²) in [4.78, 5) is 32.4. The van der Waals surface area contributed by atoms with E-state index in [9.17, 15) is 9.59 Å². The van der Waals surface area contributed by atoms with Gasteiger partial charge in [0.25, 0.3) is 0 Å². The minimum absolute atomic E-state index is 0.0494. The quantitative estimate of drug-likeness (QED) is 0.756. The third-order valence-corrected chi connectivity index (χ3v) is 2.82. The second-order valence-corrected chi connectivity index (χ2v) is 4.92. The lowest BCUT2D eigenvalue weighted by Crippen LogP contribution is -2.44. The van der Waals surface area contributed by atoms with Crippen LogP contribution in [0.4, 0.5) is 5.95 Å². The molecule has 0 aromatic carbocycles. The van der Waals surface area contributed by atoms with Crippen molar-refractivity contribution in [3.05, 3.63) is 18.5 Å². The topological polar surface area (TPSA) is 95.4 Å². The largest absolute Gasteiger partial charge is 0.481 e. The molecular weight excluding hydrogens is 260 g/mol. The van der Waals surface area contributed by atoms with Crippen LogP contribution in [0.2, 0.25) is 0 Å². The Morgan fingerprint density at radius 1 is 1.35 bits per heavy atom. The van der Waals surface area contributed by atoms with E-state index in [2.05, 4.69) is 15.3 Å². The van der Waals surface area contributed by atoms with Crippen LogP contribution in [0.25, 0.3) is 0 Å². The molecule has 0 saturated heterocycles.